The van der Waals surface area contributed by atoms with Crippen LogP contribution in [0.1, 0.15) is 0 Å². The third kappa shape index (κ3) is 3.21. The van der Waals surface area contributed by atoms with Crippen molar-refractivity contribution in [1.29, 1.82) is 0 Å². The Kier molecular flexibility index (Phi) is 3.69. The van der Waals surface area contributed by atoms with Gasteiger partial charge in [-0.15, -0.1) is 10.2 Å². The summed E-state index contributed by atoms with van der Waals surface area (Å²) in [7, 11) is -4.52. The van der Waals surface area contributed by atoms with E-state index < -0.39 is 37.8 Å². The van der Waals surface area contributed by atoms with Crippen LogP contribution in [0.5, 0.6) is 5.88 Å². The maximum atomic E-state index is 11.4. The summed E-state index contributed by atoms with van der Waals surface area (Å²) in [6, 6.07) is 5.09. The number of hydrogen-bond donors (Lipinski definition) is 4. The second-order valence-electron chi connectivity index (χ2n) is 3.75. The van der Waals surface area contributed by atoms with Gasteiger partial charge in [0.25, 0.3) is 15.7 Å². The van der Waals surface area contributed by atoms with E-state index in [9.17, 15) is 23.1 Å². The van der Waals surface area contributed by atoms with Gasteiger partial charge >= 0.3 is 5.69 Å². The number of azo groups is 1. The highest BCUT2D eigenvalue weighted by molar-refractivity contribution is 7.86. The van der Waals surface area contributed by atoms with Gasteiger partial charge in [-0.3, -0.25) is 19.3 Å². The number of benzene rings is 1. The molecule has 21 heavy (non-hydrogen) atoms. The van der Waals surface area contributed by atoms with Crippen LogP contribution in [0.15, 0.2) is 49.0 Å². The Morgan fingerprint density at radius 1 is 1.05 bits per heavy atom. The Morgan fingerprint density at radius 2 is 1.71 bits per heavy atom. The Balaban J connectivity index is 2.54. The molecule has 11 heteroatoms. The Labute approximate surface area is 116 Å². The van der Waals surface area contributed by atoms with E-state index in [1.165, 1.54) is 18.2 Å². The molecule has 1 aromatic heterocycles. The molecule has 0 bridgehead atoms. The predicted octanol–water partition coefficient (Wildman–Crippen LogP) is 0.431. The van der Waals surface area contributed by atoms with E-state index in [-0.39, 0.29) is 5.69 Å². The largest absolute Gasteiger partial charge is 0.493 e. The summed E-state index contributed by atoms with van der Waals surface area (Å²) >= 11 is 0. The lowest BCUT2D eigenvalue weighted by Crippen LogP contribution is -2.20. The second kappa shape index (κ2) is 5.30. The monoisotopic (exact) mass is 312 g/mol. The normalized spacial score (nSPS) is 11.9. The highest BCUT2D eigenvalue weighted by Gasteiger charge is 2.15. The van der Waals surface area contributed by atoms with Crippen molar-refractivity contribution in [2.24, 2.45) is 10.2 Å². The summed E-state index contributed by atoms with van der Waals surface area (Å²) in [5.74, 6) is -0.822. The van der Waals surface area contributed by atoms with Gasteiger partial charge < -0.3 is 5.11 Å². The Bertz CT molecular complexity index is 927. The van der Waals surface area contributed by atoms with E-state index in [4.69, 9.17) is 4.55 Å². The molecule has 0 saturated carbocycles. The Morgan fingerprint density at radius 3 is 2.33 bits per heavy atom. The van der Waals surface area contributed by atoms with Crippen molar-refractivity contribution in [3.63, 3.8) is 0 Å². The van der Waals surface area contributed by atoms with Crippen LogP contribution in [-0.2, 0) is 10.1 Å². The summed E-state index contributed by atoms with van der Waals surface area (Å²) in [4.78, 5) is 25.5. The van der Waals surface area contributed by atoms with E-state index in [2.05, 4.69) is 10.2 Å². The van der Waals surface area contributed by atoms with Crippen LogP contribution in [-0.4, -0.2) is 28.0 Å². The van der Waals surface area contributed by atoms with E-state index in [0.717, 1.165) is 6.07 Å². The zero-order valence-corrected chi connectivity index (χ0v) is 11.0. The predicted molar refractivity (Wildman–Crippen MR) is 69.8 cm³/mol. The molecule has 0 saturated heterocycles. The number of rotatable bonds is 3. The average molecular weight is 312 g/mol. The maximum absolute atomic E-state index is 11.4. The summed E-state index contributed by atoms with van der Waals surface area (Å²) in [6.45, 7) is 0. The second-order valence-corrected chi connectivity index (χ2v) is 5.14. The first-order valence-electron chi connectivity index (χ1n) is 5.33. The maximum Gasteiger partial charge on any atom is 0.328 e. The number of nitrogens with one attached hydrogen (secondary N) is 2. The minimum Gasteiger partial charge on any atom is -0.493 e. The molecule has 0 spiro atoms. The third-order valence-corrected chi connectivity index (χ3v) is 3.20. The number of nitrogens with zero attached hydrogens (tertiary/aromatic N) is 2. The standard InChI is InChI=1S/C10H8N4O6S/c15-8-7(9(16)12-10(17)11-8)14-13-5-3-1-2-4-6(5)21(18,19)20/h1-4H,(H,18,19,20)(H3,11,12,15,16,17). The first kappa shape index (κ1) is 14.6. The molecule has 1 heterocycles. The molecule has 110 valence electrons. The van der Waals surface area contributed by atoms with E-state index in [0.29, 0.717) is 0 Å². The van der Waals surface area contributed by atoms with Crippen LogP contribution >= 0.6 is 0 Å². The fraction of sp³-hybridized carbons (Fsp3) is 0. The van der Waals surface area contributed by atoms with Crippen LogP contribution in [0.3, 0.4) is 0 Å². The van der Waals surface area contributed by atoms with Crippen LogP contribution in [0.4, 0.5) is 11.4 Å². The topological polar surface area (TPSA) is 165 Å². The molecular formula is C10H8N4O6S. The quantitative estimate of drug-likeness (QED) is 0.474. The minimum atomic E-state index is -4.52. The van der Waals surface area contributed by atoms with Gasteiger partial charge in [0.05, 0.1) is 0 Å². The first-order chi connectivity index (χ1) is 9.79. The van der Waals surface area contributed by atoms with Gasteiger partial charge in [0.1, 0.15) is 10.6 Å². The molecule has 10 nitrogen and oxygen atoms in total. The zero-order valence-electron chi connectivity index (χ0n) is 10.1. The lowest BCUT2D eigenvalue weighted by Gasteiger charge is -2.00. The van der Waals surface area contributed by atoms with Crippen LogP contribution in [0, 0.1) is 0 Å². The molecule has 2 rings (SSSR count). The SMILES string of the molecule is O=c1[nH]c(O)c(N=Nc2ccccc2S(=O)(=O)O)c(=O)[nH]1. The molecule has 0 amide bonds. The number of aromatic hydroxyl groups is 1. The molecule has 0 aliphatic heterocycles. The fourth-order valence-electron chi connectivity index (χ4n) is 1.42. The molecule has 2 aromatic rings. The number of aromatic amines is 2. The molecule has 0 radical (unpaired) electrons. The molecule has 4 N–H and O–H groups in total. The minimum absolute atomic E-state index is 0.245. The third-order valence-electron chi connectivity index (χ3n) is 2.30. The van der Waals surface area contributed by atoms with Crippen molar-refractivity contribution < 1.29 is 18.1 Å². The lowest BCUT2D eigenvalue weighted by molar-refractivity contribution is 0.450. The molecule has 0 fully saturated rings. The smallest absolute Gasteiger partial charge is 0.328 e. The van der Waals surface area contributed by atoms with Gasteiger partial charge in [0.15, 0.2) is 0 Å². The highest BCUT2D eigenvalue weighted by Crippen LogP contribution is 2.26. The fourth-order valence-corrected chi connectivity index (χ4v) is 2.05. The number of H-pyrrole nitrogens is 2. The van der Waals surface area contributed by atoms with Gasteiger partial charge in [-0.25, -0.2) is 4.79 Å². The van der Waals surface area contributed by atoms with E-state index in [1.54, 1.807) is 0 Å². The van der Waals surface area contributed by atoms with Gasteiger partial charge in [0.2, 0.25) is 11.6 Å². The van der Waals surface area contributed by atoms with Crippen molar-refractivity contribution in [3.05, 3.63) is 45.1 Å². The van der Waals surface area contributed by atoms with Gasteiger partial charge in [-0.05, 0) is 12.1 Å². The van der Waals surface area contributed by atoms with Crippen molar-refractivity contribution >= 4 is 21.5 Å². The van der Waals surface area contributed by atoms with Gasteiger partial charge in [-0.1, -0.05) is 12.1 Å². The molecule has 0 aliphatic carbocycles. The van der Waals surface area contributed by atoms with Crippen LogP contribution in [0.2, 0.25) is 0 Å². The van der Waals surface area contributed by atoms with Crippen LogP contribution in [0.25, 0.3) is 0 Å². The number of hydrogen-bond acceptors (Lipinski definition) is 7. The zero-order chi connectivity index (χ0) is 15.6. The number of aromatic nitrogens is 2. The summed E-state index contributed by atoms with van der Waals surface area (Å²) in [5.41, 5.74) is -2.80. The molecular weight excluding hydrogens is 304 g/mol. The molecule has 0 atom stereocenters. The van der Waals surface area contributed by atoms with Gasteiger partial charge in [0, 0.05) is 0 Å². The molecule has 0 unspecified atom stereocenters. The van der Waals surface area contributed by atoms with Crippen molar-refractivity contribution in [3.8, 4) is 5.88 Å². The summed E-state index contributed by atoms with van der Waals surface area (Å²) < 4.78 is 31.3. The summed E-state index contributed by atoms with van der Waals surface area (Å²) in [6.07, 6.45) is 0. The first-order valence-corrected chi connectivity index (χ1v) is 6.77. The van der Waals surface area contributed by atoms with Crippen molar-refractivity contribution in [1.82, 2.24) is 9.97 Å². The average Bonchev–Trinajstić information content (AvgIpc) is 2.36. The van der Waals surface area contributed by atoms with Crippen molar-refractivity contribution in [2.75, 3.05) is 0 Å². The highest BCUT2D eigenvalue weighted by atomic mass is 32.2. The van der Waals surface area contributed by atoms with Crippen molar-refractivity contribution in [2.45, 2.75) is 4.90 Å². The molecule has 1 aromatic carbocycles. The van der Waals surface area contributed by atoms with E-state index in [1.807, 2.05) is 9.97 Å². The lowest BCUT2D eigenvalue weighted by atomic mass is 10.3. The molecule has 0 aliphatic rings. The van der Waals surface area contributed by atoms with Gasteiger partial charge in [-0.2, -0.15) is 8.42 Å². The van der Waals surface area contributed by atoms with Crippen LogP contribution < -0.4 is 11.2 Å². The summed E-state index contributed by atoms with van der Waals surface area (Å²) in [5, 5.41) is 16.2. The Hall–Kier alpha value is -2.79. The van der Waals surface area contributed by atoms with E-state index >= 15 is 0 Å².